The average molecular weight is 572 g/mol. The van der Waals surface area contributed by atoms with Crippen LogP contribution in [0.3, 0.4) is 0 Å². The van der Waals surface area contributed by atoms with Gasteiger partial charge >= 0.3 is 0 Å². The highest BCUT2D eigenvalue weighted by Gasteiger charge is 2.33. The predicted octanol–water partition coefficient (Wildman–Crippen LogP) is 7.77. The van der Waals surface area contributed by atoms with Gasteiger partial charge in [-0.1, -0.05) is 53.9 Å². The van der Waals surface area contributed by atoms with Gasteiger partial charge in [0.15, 0.2) is 23.1 Å². The summed E-state index contributed by atoms with van der Waals surface area (Å²) in [5.74, 6) is 1.77. The summed E-state index contributed by atoms with van der Waals surface area (Å²) in [7, 11) is 1.56. The molecule has 0 saturated heterocycles. The van der Waals surface area contributed by atoms with E-state index in [2.05, 4.69) is 16.7 Å². The Hall–Kier alpha value is -3.26. The molecule has 2 unspecified atom stereocenters. The first-order valence-corrected chi connectivity index (χ1v) is 13.2. The van der Waals surface area contributed by atoms with E-state index in [9.17, 15) is 4.79 Å². The van der Waals surface area contributed by atoms with Gasteiger partial charge in [0.05, 0.1) is 27.9 Å². The number of methoxy groups -OCH3 is 1. The molecule has 38 heavy (non-hydrogen) atoms. The summed E-state index contributed by atoms with van der Waals surface area (Å²) in [4.78, 5) is 16.6. The molecule has 2 aromatic carbocycles. The number of nitrogens with two attached hydrogens (primary N) is 1. The number of carbonyl (C=O) groups is 1. The third kappa shape index (κ3) is 4.82. The van der Waals surface area contributed by atoms with Crippen LogP contribution < -0.4 is 15.2 Å². The van der Waals surface area contributed by atoms with Crippen LogP contribution in [0.5, 0.6) is 17.2 Å². The molecule has 2 heterocycles. The lowest BCUT2D eigenvalue weighted by Gasteiger charge is -2.27. The second-order valence-corrected chi connectivity index (χ2v) is 10.4. The molecule has 2 aromatic heterocycles. The highest BCUT2D eigenvalue weighted by Crippen LogP contribution is 2.47. The van der Waals surface area contributed by atoms with E-state index in [1.165, 1.54) is 12.4 Å². The van der Waals surface area contributed by atoms with Crippen LogP contribution in [0.2, 0.25) is 15.1 Å². The largest absolute Gasteiger partial charge is 0.493 e. The lowest BCUT2D eigenvalue weighted by Crippen LogP contribution is -2.21. The Kier molecular flexibility index (Phi) is 7.52. The first-order valence-electron chi connectivity index (χ1n) is 12.1. The summed E-state index contributed by atoms with van der Waals surface area (Å²) in [5.41, 5.74) is 9.23. The summed E-state index contributed by atoms with van der Waals surface area (Å²) < 4.78 is 13.4. The van der Waals surface area contributed by atoms with Crippen molar-refractivity contribution in [2.45, 2.75) is 31.6 Å². The maximum absolute atomic E-state index is 12.4. The number of nitrogens with zero attached hydrogens (tertiary/aromatic N) is 3. The molecule has 5 rings (SSSR count). The summed E-state index contributed by atoms with van der Waals surface area (Å²) in [6.45, 7) is 3.66. The van der Waals surface area contributed by atoms with Gasteiger partial charge in [-0.15, -0.1) is 0 Å². The minimum absolute atomic E-state index is 0.0276. The number of aromatic nitrogens is 3. The van der Waals surface area contributed by atoms with Crippen LogP contribution in [0.1, 0.15) is 37.3 Å². The normalized spacial score (nSPS) is 17.4. The molecular formula is C28H25Cl3N4O3. The Labute approximate surface area is 235 Å². The van der Waals surface area contributed by atoms with Gasteiger partial charge in [0.1, 0.15) is 17.6 Å². The van der Waals surface area contributed by atoms with Crippen molar-refractivity contribution in [3.8, 4) is 28.4 Å². The number of carbonyl (C=O) groups excluding carboxylic acids is 1. The van der Waals surface area contributed by atoms with Gasteiger partial charge < -0.3 is 15.2 Å². The van der Waals surface area contributed by atoms with E-state index in [-0.39, 0.29) is 17.6 Å². The van der Waals surface area contributed by atoms with Crippen LogP contribution in [-0.2, 0) is 4.79 Å². The van der Waals surface area contributed by atoms with Gasteiger partial charge in [0, 0.05) is 23.5 Å². The predicted molar refractivity (Wildman–Crippen MR) is 151 cm³/mol. The smallest absolute Gasteiger partial charge is 0.169 e. The molecule has 1 saturated carbocycles. The van der Waals surface area contributed by atoms with Crippen molar-refractivity contribution in [2.75, 3.05) is 12.8 Å². The molecule has 0 radical (unpaired) electrons. The van der Waals surface area contributed by atoms with Crippen LogP contribution >= 0.6 is 34.8 Å². The van der Waals surface area contributed by atoms with E-state index in [4.69, 9.17) is 50.0 Å². The van der Waals surface area contributed by atoms with Gasteiger partial charge in [-0.05, 0) is 55.2 Å². The fourth-order valence-corrected chi connectivity index (χ4v) is 5.88. The zero-order valence-corrected chi connectivity index (χ0v) is 22.9. The van der Waals surface area contributed by atoms with Crippen molar-refractivity contribution >= 4 is 51.9 Å². The van der Waals surface area contributed by atoms with Gasteiger partial charge in [-0.25, -0.2) is 9.50 Å². The molecular weight excluding hydrogens is 547 g/mol. The minimum Gasteiger partial charge on any atom is -0.493 e. The quantitative estimate of drug-likeness (QED) is 0.228. The minimum atomic E-state index is -0.0894. The second-order valence-electron chi connectivity index (χ2n) is 9.19. The number of anilines is 1. The van der Waals surface area contributed by atoms with Gasteiger partial charge in [-0.3, -0.25) is 4.79 Å². The molecule has 1 aliphatic rings. The van der Waals surface area contributed by atoms with Crippen molar-refractivity contribution in [2.24, 2.45) is 5.92 Å². The highest BCUT2D eigenvalue weighted by molar-refractivity contribution is 6.42. The van der Waals surface area contributed by atoms with Crippen LogP contribution in [-0.4, -0.2) is 27.5 Å². The molecule has 0 aliphatic heterocycles. The van der Waals surface area contributed by atoms with Crippen LogP contribution in [0, 0.1) is 5.92 Å². The Morgan fingerprint density at radius 2 is 1.95 bits per heavy atom. The zero-order chi connectivity index (χ0) is 27.0. The number of halogens is 3. The fraction of sp³-hybridized carbons (Fsp3) is 0.250. The maximum Gasteiger partial charge on any atom is 0.169 e. The van der Waals surface area contributed by atoms with E-state index >= 15 is 0 Å². The van der Waals surface area contributed by atoms with Gasteiger partial charge in [-0.2, -0.15) is 5.10 Å². The number of hydrogen-bond donors (Lipinski definition) is 1. The molecule has 7 nitrogen and oxygen atoms in total. The number of nitrogen functional groups attached to an aromatic ring is 1. The van der Waals surface area contributed by atoms with Crippen molar-refractivity contribution < 1.29 is 14.3 Å². The van der Waals surface area contributed by atoms with Crippen molar-refractivity contribution in [3.05, 3.63) is 76.1 Å². The third-order valence-corrected chi connectivity index (χ3v) is 8.08. The molecule has 10 heteroatoms. The Morgan fingerprint density at radius 3 is 2.68 bits per heavy atom. The Bertz CT molecular complexity index is 1550. The lowest BCUT2D eigenvalue weighted by molar-refractivity contribution is -0.119. The first-order chi connectivity index (χ1) is 18.3. The van der Waals surface area contributed by atoms with Crippen LogP contribution in [0.25, 0.3) is 16.6 Å². The van der Waals surface area contributed by atoms with Gasteiger partial charge in [0.25, 0.3) is 0 Å². The van der Waals surface area contributed by atoms with E-state index in [0.29, 0.717) is 55.6 Å². The van der Waals surface area contributed by atoms with E-state index in [1.54, 1.807) is 35.9 Å². The summed E-state index contributed by atoms with van der Waals surface area (Å²) in [5, 5.41) is 5.84. The number of benzene rings is 2. The first kappa shape index (κ1) is 26.4. The molecule has 4 aromatic rings. The highest BCUT2D eigenvalue weighted by atomic mass is 35.5. The summed E-state index contributed by atoms with van der Waals surface area (Å²) in [6.07, 6.45) is 6.11. The number of hydrogen-bond acceptors (Lipinski definition) is 6. The molecule has 2 N–H and O–H groups in total. The summed E-state index contributed by atoms with van der Waals surface area (Å²) >= 11 is 19.3. The Morgan fingerprint density at radius 1 is 1.13 bits per heavy atom. The van der Waals surface area contributed by atoms with Crippen LogP contribution in [0.15, 0.2) is 55.4 Å². The lowest BCUT2D eigenvalue weighted by atomic mass is 9.78. The molecule has 0 spiro atoms. The molecule has 0 amide bonds. The number of rotatable bonds is 7. The number of fused-ring (bicyclic) bond motifs is 1. The molecule has 0 bridgehead atoms. The molecule has 1 aliphatic carbocycles. The second kappa shape index (κ2) is 10.8. The van der Waals surface area contributed by atoms with Crippen LogP contribution in [0.4, 0.5) is 5.82 Å². The SMILES string of the molecule is C=CC(=O)C1CCCC(c2c(Cl)c(-c3ccc(Oc4ccc(Cl)c(Cl)c4)c(OC)c3)c3c(N)ncnn23)C1. The maximum atomic E-state index is 12.4. The molecule has 1 fully saturated rings. The summed E-state index contributed by atoms with van der Waals surface area (Å²) in [6, 6.07) is 10.5. The van der Waals surface area contributed by atoms with Crippen molar-refractivity contribution in [1.82, 2.24) is 14.6 Å². The van der Waals surface area contributed by atoms with E-state index in [0.717, 1.165) is 30.5 Å². The number of ether oxygens (including phenoxy) is 2. The monoisotopic (exact) mass is 570 g/mol. The fourth-order valence-electron chi connectivity index (χ4n) is 5.16. The topological polar surface area (TPSA) is 91.7 Å². The zero-order valence-electron chi connectivity index (χ0n) is 20.6. The van der Waals surface area contributed by atoms with Crippen molar-refractivity contribution in [3.63, 3.8) is 0 Å². The number of allylic oxidation sites excluding steroid dienone is 1. The Balaban J connectivity index is 1.59. The van der Waals surface area contributed by atoms with Gasteiger partial charge in [0.2, 0.25) is 0 Å². The third-order valence-electron chi connectivity index (χ3n) is 6.96. The molecule has 2 atom stereocenters. The number of ketones is 1. The van der Waals surface area contributed by atoms with E-state index < -0.39 is 0 Å². The van der Waals surface area contributed by atoms with Crippen molar-refractivity contribution in [1.29, 1.82) is 0 Å². The molecule has 196 valence electrons. The average Bonchev–Trinajstić information content (AvgIpc) is 3.23. The van der Waals surface area contributed by atoms with E-state index in [1.807, 2.05) is 12.1 Å². The standard InChI is InChI=1S/C28H25Cl3N4O3/c1-3-21(36)15-5-4-6-17(11-15)26-25(31)24(27-28(32)33-14-34-35(26)27)16-7-10-22(23(12-16)37-2)38-18-8-9-19(29)20(30)13-18/h3,7-10,12-15,17H,1,4-6,11H2,2H3,(H2,32,33,34).